The predicted octanol–water partition coefficient (Wildman–Crippen LogP) is 2.33. The summed E-state index contributed by atoms with van der Waals surface area (Å²) in [5, 5.41) is 7.64. The molecule has 0 radical (unpaired) electrons. The van der Waals surface area contributed by atoms with Gasteiger partial charge in [-0.25, -0.2) is 9.50 Å². The molecule has 4 nitrogen and oxygen atoms in total. The van der Waals surface area contributed by atoms with Crippen molar-refractivity contribution in [1.29, 1.82) is 0 Å². The lowest BCUT2D eigenvalue weighted by Crippen LogP contribution is -2.12. The highest BCUT2D eigenvalue weighted by Crippen LogP contribution is 2.25. The van der Waals surface area contributed by atoms with Crippen LogP contribution >= 0.6 is 0 Å². The summed E-state index contributed by atoms with van der Waals surface area (Å²) in [5.41, 5.74) is 1.06. The van der Waals surface area contributed by atoms with Gasteiger partial charge in [0.05, 0.1) is 6.20 Å². The first-order valence-corrected chi connectivity index (χ1v) is 5.96. The Hall–Kier alpha value is -1.58. The van der Waals surface area contributed by atoms with E-state index in [9.17, 15) is 0 Å². The number of rotatable bonds is 3. The molecule has 1 fully saturated rings. The van der Waals surface area contributed by atoms with Gasteiger partial charge in [0.1, 0.15) is 5.52 Å². The number of nitrogens with zero attached hydrogens (tertiary/aromatic N) is 3. The van der Waals surface area contributed by atoms with Crippen LogP contribution in [-0.2, 0) is 0 Å². The highest BCUT2D eigenvalue weighted by Gasteiger charge is 2.15. The van der Waals surface area contributed by atoms with Gasteiger partial charge in [-0.1, -0.05) is 12.8 Å². The first kappa shape index (κ1) is 9.63. The molecule has 0 unspecified atom stereocenters. The molecule has 1 aliphatic carbocycles. The minimum Gasteiger partial charge on any atom is -0.368 e. The number of hydrogen-bond acceptors (Lipinski definition) is 3. The van der Waals surface area contributed by atoms with Gasteiger partial charge in [0.2, 0.25) is 0 Å². The van der Waals surface area contributed by atoms with E-state index in [4.69, 9.17) is 0 Å². The van der Waals surface area contributed by atoms with E-state index >= 15 is 0 Å². The maximum absolute atomic E-state index is 4.37. The minimum absolute atomic E-state index is 0.824. The van der Waals surface area contributed by atoms with Gasteiger partial charge in [-0.3, -0.25) is 0 Å². The van der Waals surface area contributed by atoms with Crippen LogP contribution in [0.2, 0.25) is 0 Å². The molecule has 0 aliphatic heterocycles. The Bertz CT molecular complexity index is 471. The highest BCUT2D eigenvalue weighted by molar-refractivity contribution is 5.66. The van der Waals surface area contributed by atoms with Crippen LogP contribution < -0.4 is 5.32 Å². The van der Waals surface area contributed by atoms with E-state index in [0.717, 1.165) is 23.8 Å². The molecule has 84 valence electrons. The normalized spacial score (nSPS) is 17.0. The Morgan fingerprint density at radius 1 is 1.31 bits per heavy atom. The van der Waals surface area contributed by atoms with E-state index in [1.54, 1.807) is 12.4 Å². The molecule has 1 N–H and O–H groups in total. The van der Waals surface area contributed by atoms with E-state index in [2.05, 4.69) is 15.4 Å². The molecule has 1 aliphatic rings. The molecule has 2 aromatic heterocycles. The molecule has 16 heavy (non-hydrogen) atoms. The van der Waals surface area contributed by atoms with Crippen LogP contribution in [0.25, 0.3) is 5.52 Å². The molecule has 0 bridgehead atoms. The molecular weight excluding hydrogens is 200 g/mol. The summed E-state index contributed by atoms with van der Waals surface area (Å²) in [4.78, 5) is 4.37. The zero-order chi connectivity index (χ0) is 10.8. The maximum Gasteiger partial charge on any atom is 0.152 e. The average molecular weight is 216 g/mol. The van der Waals surface area contributed by atoms with Gasteiger partial charge >= 0.3 is 0 Å². The van der Waals surface area contributed by atoms with Gasteiger partial charge in [-0.15, -0.1) is 0 Å². The summed E-state index contributed by atoms with van der Waals surface area (Å²) in [6.07, 6.45) is 10.9. The van der Waals surface area contributed by atoms with Crippen molar-refractivity contribution in [2.24, 2.45) is 5.92 Å². The molecular formula is C12H16N4. The molecule has 4 heteroatoms. The molecule has 0 saturated heterocycles. The van der Waals surface area contributed by atoms with Crippen molar-refractivity contribution >= 4 is 11.3 Å². The standard InChI is InChI=1S/C12H16N4/c1-2-4-10(3-1)9-14-12-11-5-6-15-16(11)8-7-13-12/h5-8,10H,1-4,9H2,(H,13,14). The van der Waals surface area contributed by atoms with Crippen molar-refractivity contribution in [2.75, 3.05) is 11.9 Å². The average Bonchev–Trinajstić information content (AvgIpc) is 2.97. The predicted molar refractivity (Wildman–Crippen MR) is 63.4 cm³/mol. The Morgan fingerprint density at radius 2 is 2.19 bits per heavy atom. The second-order valence-corrected chi connectivity index (χ2v) is 4.47. The van der Waals surface area contributed by atoms with Crippen LogP contribution in [0, 0.1) is 5.92 Å². The van der Waals surface area contributed by atoms with Crippen molar-refractivity contribution < 1.29 is 0 Å². The zero-order valence-electron chi connectivity index (χ0n) is 9.26. The highest BCUT2D eigenvalue weighted by atomic mass is 15.2. The summed E-state index contributed by atoms with van der Waals surface area (Å²) in [5.74, 6) is 1.77. The van der Waals surface area contributed by atoms with Gasteiger partial charge in [0, 0.05) is 18.9 Å². The van der Waals surface area contributed by atoms with Gasteiger partial charge < -0.3 is 5.32 Å². The van der Waals surface area contributed by atoms with Crippen molar-refractivity contribution in [3.8, 4) is 0 Å². The van der Waals surface area contributed by atoms with Gasteiger partial charge in [-0.05, 0) is 24.8 Å². The fourth-order valence-electron chi connectivity index (χ4n) is 2.45. The van der Waals surface area contributed by atoms with Gasteiger partial charge in [-0.2, -0.15) is 5.10 Å². The SMILES string of the molecule is c1cn2nccc2c(NCC2CCCC2)n1. The van der Waals surface area contributed by atoms with E-state index in [0.29, 0.717) is 0 Å². The van der Waals surface area contributed by atoms with Crippen LogP contribution in [-0.4, -0.2) is 21.1 Å². The molecule has 3 rings (SSSR count). The molecule has 2 heterocycles. The summed E-state index contributed by atoms with van der Waals surface area (Å²) in [7, 11) is 0. The van der Waals surface area contributed by atoms with E-state index in [1.165, 1.54) is 25.7 Å². The third kappa shape index (κ3) is 1.75. The second-order valence-electron chi connectivity index (χ2n) is 4.47. The maximum atomic E-state index is 4.37. The molecule has 0 spiro atoms. The summed E-state index contributed by atoms with van der Waals surface area (Å²) >= 11 is 0. The summed E-state index contributed by atoms with van der Waals surface area (Å²) < 4.78 is 1.85. The molecule has 2 aromatic rings. The van der Waals surface area contributed by atoms with E-state index in [1.807, 2.05) is 16.8 Å². The second kappa shape index (κ2) is 4.12. The lowest BCUT2D eigenvalue weighted by Gasteiger charge is -2.11. The number of aromatic nitrogens is 3. The molecule has 0 atom stereocenters. The Balaban J connectivity index is 1.75. The van der Waals surface area contributed by atoms with Gasteiger partial charge in [0.25, 0.3) is 0 Å². The number of hydrogen-bond donors (Lipinski definition) is 1. The van der Waals surface area contributed by atoms with Crippen LogP contribution in [0.3, 0.4) is 0 Å². The lowest BCUT2D eigenvalue weighted by atomic mass is 10.1. The van der Waals surface area contributed by atoms with Crippen LogP contribution in [0.15, 0.2) is 24.7 Å². The first-order valence-electron chi connectivity index (χ1n) is 5.96. The van der Waals surface area contributed by atoms with Crippen LogP contribution in [0.4, 0.5) is 5.82 Å². The topological polar surface area (TPSA) is 42.2 Å². The zero-order valence-corrected chi connectivity index (χ0v) is 9.26. The van der Waals surface area contributed by atoms with Crippen molar-refractivity contribution in [3.05, 3.63) is 24.7 Å². The van der Waals surface area contributed by atoms with Crippen molar-refractivity contribution in [2.45, 2.75) is 25.7 Å². The van der Waals surface area contributed by atoms with Crippen LogP contribution in [0.5, 0.6) is 0 Å². The summed E-state index contributed by atoms with van der Waals surface area (Å²) in [6, 6.07) is 1.99. The fraction of sp³-hybridized carbons (Fsp3) is 0.500. The van der Waals surface area contributed by atoms with Crippen molar-refractivity contribution in [1.82, 2.24) is 14.6 Å². The summed E-state index contributed by atoms with van der Waals surface area (Å²) in [6.45, 7) is 1.04. The Morgan fingerprint density at radius 3 is 3.06 bits per heavy atom. The monoisotopic (exact) mass is 216 g/mol. The number of nitrogens with one attached hydrogen (secondary N) is 1. The third-order valence-corrected chi connectivity index (χ3v) is 3.36. The first-order chi connectivity index (χ1) is 7.93. The fourth-order valence-corrected chi connectivity index (χ4v) is 2.45. The van der Waals surface area contributed by atoms with Gasteiger partial charge in [0.15, 0.2) is 5.82 Å². The largest absolute Gasteiger partial charge is 0.368 e. The number of anilines is 1. The molecule has 0 amide bonds. The molecule has 0 aromatic carbocycles. The number of fused-ring (bicyclic) bond motifs is 1. The van der Waals surface area contributed by atoms with Crippen molar-refractivity contribution in [3.63, 3.8) is 0 Å². The lowest BCUT2D eigenvalue weighted by molar-refractivity contribution is 0.579. The quantitative estimate of drug-likeness (QED) is 0.856. The van der Waals surface area contributed by atoms with E-state index in [-0.39, 0.29) is 0 Å². The van der Waals surface area contributed by atoms with E-state index < -0.39 is 0 Å². The van der Waals surface area contributed by atoms with Crippen LogP contribution in [0.1, 0.15) is 25.7 Å². The molecule has 1 saturated carbocycles. The Kier molecular flexibility index (Phi) is 2.48. The third-order valence-electron chi connectivity index (χ3n) is 3.36. The Labute approximate surface area is 94.7 Å². The minimum atomic E-state index is 0.824. The smallest absolute Gasteiger partial charge is 0.152 e.